The van der Waals surface area contributed by atoms with Crippen molar-refractivity contribution in [3.8, 4) is 10.7 Å². The number of hydrogen-bond acceptors (Lipinski definition) is 7. The summed E-state index contributed by atoms with van der Waals surface area (Å²) in [5.41, 5.74) is 0.730. The first-order chi connectivity index (χ1) is 12.0. The van der Waals surface area contributed by atoms with Crippen molar-refractivity contribution in [2.75, 3.05) is 11.1 Å². The lowest BCUT2D eigenvalue weighted by Crippen LogP contribution is -2.17. The lowest BCUT2D eigenvalue weighted by Gasteiger charge is -2.08. The number of aromatic nitrogens is 3. The van der Waals surface area contributed by atoms with E-state index in [0.717, 1.165) is 11.3 Å². The predicted molar refractivity (Wildman–Crippen MR) is 95.3 cm³/mol. The summed E-state index contributed by atoms with van der Waals surface area (Å²) in [7, 11) is -3.51. The van der Waals surface area contributed by atoms with Crippen molar-refractivity contribution < 1.29 is 13.2 Å². The summed E-state index contributed by atoms with van der Waals surface area (Å²) in [5, 5.41) is 11.3. The molecule has 9 heteroatoms. The summed E-state index contributed by atoms with van der Waals surface area (Å²) >= 11 is 1.16. The predicted octanol–water partition coefficient (Wildman–Crippen LogP) is 2.65. The number of benzene rings is 1. The van der Waals surface area contributed by atoms with Gasteiger partial charge in [0.15, 0.2) is 14.8 Å². The lowest BCUT2D eigenvalue weighted by molar-refractivity contribution is 0.102. The average Bonchev–Trinajstić information content (AvgIpc) is 3.11. The van der Waals surface area contributed by atoms with Crippen molar-refractivity contribution in [1.29, 1.82) is 0 Å². The van der Waals surface area contributed by atoms with E-state index in [1.807, 2.05) is 6.07 Å². The van der Waals surface area contributed by atoms with Gasteiger partial charge in [0.1, 0.15) is 5.69 Å². The quantitative estimate of drug-likeness (QED) is 0.736. The van der Waals surface area contributed by atoms with Crippen molar-refractivity contribution in [3.05, 3.63) is 54.2 Å². The summed E-state index contributed by atoms with van der Waals surface area (Å²) < 4.78 is 24.3. The number of carbonyl (C=O) groups is 1. The second kappa shape index (κ2) is 7.08. The molecule has 0 aliphatic carbocycles. The number of nitrogens with zero attached hydrogens (tertiary/aromatic N) is 3. The Bertz CT molecular complexity index is 1000. The van der Waals surface area contributed by atoms with Crippen LogP contribution in [0.3, 0.4) is 0 Å². The number of hydrogen-bond donors (Lipinski definition) is 1. The average molecular weight is 374 g/mol. The third-order valence-electron chi connectivity index (χ3n) is 3.38. The molecule has 0 saturated carbocycles. The van der Waals surface area contributed by atoms with Crippen LogP contribution in [-0.2, 0) is 9.84 Å². The Balaban J connectivity index is 1.86. The van der Waals surface area contributed by atoms with E-state index in [0.29, 0.717) is 10.7 Å². The molecule has 1 aromatic carbocycles. The van der Waals surface area contributed by atoms with Gasteiger partial charge in [-0.1, -0.05) is 36.5 Å². The Kier molecular flexibility index (Phi) is 4.86. The van der Waals surface area contributed by atoms with E-state index in [9.17, 15) is 13.2 Å². The molecule has 128 valence electrons. The Morgan fingerprint density at radius 1 is 1.12 bits per heavy atom. The molecule has 0 bridgehead atoms. The number of rotatable bonds is 5. The molecule has 25 heavy (non-hydrogen) atoms. The summed E-state index contributed by atoms with van der Waals surface area (Å²) in [6, 6.07) is 11.5. The number of nitrogens with one attached hydrogen (secondary N) is 1. The molecule has 0 aliphatic heterocycles. The first-order valence-corrected chi connectivity index (χ1v) is 9.86. The van der Waals surface area contributed by atoms with Crippen LogP contribution < -0.4 is 5.32 Å². The van der Waals surface area contributed by atoms with Gasteiger partial charge in [-0.2, -0.15) is 0 Å². The van der Waals surface area contributed by atoms with Crippen LogP contribution in [0.5, 0.6) is 0 Å². The molecule has 0 fully saturated rings. The largest absolute Gasteiger partial charge is 0.296 e. The normalized spacial score (nSPS) is 11.2. The Hall–Kier alpha value is -2.65. The molecule has 0 unspecified atom stereocenters. The summed E-state index contributed by atoms with van der Waals surface area (Å²) in [6.45, 7) is 1.54. The highest BCUT2D eigenvalue weighted by Crippen LogP contribution is 2.25. The fourth-order valence-electron chi connectivity index (χ4n) is 2.11. The Morgan fingerprint density at radius 3 is 2.60 bits per heavy atom. The summed E-state index contributed by atoms with van der Waals surface area (Å²) in [6.07, 6.45) is 1.64. The minimum Gasteiger partial charge on any atom is -0.296 e. The zero-order valence-corrected chi connectivity index (χ0v) is 14.8. The van der Waals surface area contributed by atoms with E-state index < -0.39 is 15.7 Å². The van der Waals surface area contributed by atoms with Crippen LogP contribution in [0.4, 0.5) is 5.13 Å². The van der Waals surface area contributed by atoms with E-state index in [2.05, 4.69) is 20.5 Å². The van der Waals surface area contributed by atoms with Gasteiger partial charge in [0.2, 0.25) is 5.13 Å². The van der Waals surface area contributed by atoms with E-state index >= 15 is 0 Å². The molecule has 0 saturated heterocycles. The van der Waals surface area contributed by atoms with Gasteiger partial charge in [-0.15, -0.1) is 10.2 Å². The van der Waals surface area contributed by atoms with Crippen molar-refractivity contribution in [2.24, 2.45) is 0 Å². The Labute approximate surface area is 148 Å². The van der Waals surface area contributed by atoms with E-state index in [1.54, 1.807) is 30.5 Å². The van der Waals surface area contributed by atoms with Crippen LogP contribution in [0.25, 0.3) is 10.7 Å². The van der Waals surface area contributed by atoms with Gasteiger partial charge < -0.3 is 0 Å². The molecule has 7 nitrogen and oxygen atoms in total. The van der Waals surface area contributed by atoms with E-state index in [-0.39, 0.29) is 21.3 Å². The number of amides is 1. The highest BCUT2D eigenvalue weighted by Gasteiger charge is 2.21. The molecule has 3 aromatic rings. The second-order valence-corrected chi connectivity index (χ2v) is 8.21. The van der Waals surface area contributed by atoms with Crippen molar-refractivity contribution >= 4 is 32.2 Å². The first-order valence-electron chi connectivity index (χ1n) is 7.39. The minimum absolute atomic E-state index is 0.00413. The highest BCUT2D eigenvalue weighted by molar-refractivity contribution is 7.91. The number of carbonyl (C=O) groups excluding carboxylic acids is 1. The van der Waals surface area contributed by atoms with Gasteiger partial charge in [-0.25, -0.2) is 8.42 Å². The molecule has 3 rings (SSSR count). The summed E-state index contributed by atoms with van der Waals surface area (Å²) in [4.78, 5) is 16.7. The maximum absolute atomic E-state index is 12.5. The second-order valence-electron chi connectivity index (χ2n) is 4.98. The third kappa shape index (κ3) is 3.72. The third-order valence-corrected chi connectivity index (χ3v) is 6.02. The van der Waals surface area contributed by atoms with Crippen LogP contribution in [0.1, 0.15) is 17.3 Å². The fourth-order valence-corrected chi connectivity index (χ4v) is 3.92. The van der Waals surface area contributed by atoms with Gasteiger partial charge in [0, 0.05) is 6.20 Å². The molecule has 1 N–H and O–H groups in total. The van der Waals surface area contributed by atoms with E-state index in [1.165, 1.54) is 19.1 Å². The molecule has 0 spiro atoms. The first kappa shape index (κ1) is 17.2. The minimum atomic E-state index is -3.51. The van der Waals surface area contributed by atoms with Gasteiger partial charge >= 0.3 is 0 Å². The van der Waals surface area contributed by atoms with Crippen molar-refractivity contribution in [2.45, 2.75) is 11.8 Å². The zero-order chi connectivity index (χ0) is 17.9. The molecule has 0 radical (unpaired) electrons. The monoisotopic (exact) mass is 374 g/mol. The van der Waals surface area contributed by atoms with E-state index in [4.69, 9.17) is 0 Å². The molecule has 2 heterocycles. The van der Waals surface area contributed by atoms with Gasteiger partial charge in [-0.05, 0) is 24.3 Å². The van der Waals surface area contributed by atoms with Crippen molar-refractivity contribution in [1.82, 2.24) is 15.2 Å². The van der Waals surface area contributed by atoms with Gasteiger partial charge in [0.05, 0.1) is 16.2 Å². The SMILES string of the molecule is CCS(=O)(=O)c1ccccc1C(=O)Nc1nnc(-c2ccccn2)s1. The molecule has 1 amide bonds. The maximum atomic E-state index is 12.5. The van der Waals surface area contributed by atoms with Gasteiger partial charge in [-0.3, -0.25) is 15.1 Å². The maximum Gasteiger partial charge on any atom is 0.258 e. The van der Waals surface area contributed by atoms with Gasteiger partial charge in [0.25, 0.3) is 5.91 Å². The standard InChI is InChI=1S/C16H14N4O3S2/c1-2-25(22,23)13-9-4-3-7-11(13)14(21)18-16-20-19-15(24-16)12-8-5-6-10-17-12/h3-10H,2H2,1H3,(H,18,20,21). The van der Waals surface area contributed by atoms with Crippen molar-refractivity contribution in [3.63, 3.8) is 0 Å². The number of anilines is 1. The smallest absolute Gasteiger partial charge is 0.258 e. The van der Waals surface area contributed by atoms with Crippen LogP contribution in [0, 0.1) is 0 Å². The fraction of sp³-hybridized carbons (Fsp3) is 0.125. The molecule has 0 aliphatic rings. The van der Waals surface area contributed by atoms with Crippen LogP contribution in [0.15, 0.2) is 53.6 Å². The molecular weight excluding hydrogens is 360 g/mol. The number of pyridine rings is 1. The number of sulfone groups is 1. The Morgan fingerprint density at radius 2 is 1.88 bits per heavy atom. The topological polar surface area (TPSA) is 102 Å². The summed E-state index contributed by atoms with van der Waals surface area (Å²) in [5.74, 6) is -0.628. The molecular formula is C16H14N4O3S2. The highest BCUT2D eigenvalue weighted by atomic mass is 32.2. The van der Waals surface area contributed by atoms with Crippen LogP contribution in [-0.4, -0.2) is 35.3 Å². The van der Waals surface area contributed by atoms with Crippen LogP contribution in [0.2, 0.25) is 0 Å². The lowest BCUT2D eigenvalue weighted by atomic mass is 10.2. The molecule has 0 atom stereocenters. The molecule has 2 aromatic heterocycles. The zero-order valence-electron chi connectivity index (χ0n) is 13.2. The van der Waals surface area contributed by atoms with Crippen LogP contribution >= 0.6 is 11.3 Å².